The topological polar surface area (TPSA) is 50.7 Å². The molecular weight excluding hydrogens is 206 g/mol. The number of benzene rings is 1. The lowest BCUT2D eigenvalue weighted by Gasteiger charge is -2.30. The third kappa shape index (κ3) is 1.41. The first kappa shape index (κ1) is 9.78. The third-order valence-corrected chi connectivity index (χ3v) is 3.19. The van der Waals surface area contributed by atoms with Gasteiger partial charge in [0.05, 0.1) is 6.10 Å². The highest BCUT2D eigenvalue weighted by Crippen LogP contribution is 2.41. The van der Waals surface area contributed by atoms with E-state index in [1.807, 2.05) is 19.1 Å². The van der Waals surface area contributed by atoms with Gasteiger partial charge >= 0.3 is 0 Å². The number of hydrogen-bond donors (Lipinski definition) is 2. The SMILES string of the molecule is CC1CNc2cc3c(cc2C1O)OCCO3. The summed E-state index contributed by atoms with van der Waals surface area (Å²) in [6.07, 6.45) is -0.424. The molecule has 0 saturated carbocycles. The number of rotatable bonds is 0. The molecule has 86 valence electrons. The molecule has 2 unspecified atom stereocenters. The fraction of sp³-hybridized carbons (Fsp3) is 0.500. The van der Waals surface area contributed by atoms with Crippen LogP contribution in [0, 0.1) is 5.92 Å². The highest BCUT2D eigenvalue weighted by molar-refractivity contribution is 5.63. The molecule has 4 heteroatoms. The zero-order valence-corrected chi connectivity index (χ0v) is 9.19. The van der Waals surface area contributed by atoms with Crippen molar-refractivity contribution in [2.45, 2.75) is 13.0 Å². The van der Waals surface area contributed by atoms with E-state index in [1.165, 1.54) is 0 Å². The largest absolute Gasteiger partial charge is 0.486 e. The smallest absolute Gasteiger partial charge is 0.163 e. The van der Waals surface area contributed by atoms with Gasteiger partial charge in [-0.25, -0.2) is 0 Å². The molecule has 2 N–H and O–H groups in total. The molecule has 0 amide bonds. The Labute approximate surface area is 94.2 Å². The summed E-state index contributed by atoms with van der Waals surface area (Å²) < 4.78 is 11.0. The second kappa shape index (κ2) is 3.56. The maximum Gasteiger partial charge on any atom is 0.163 e. The van der Waals surface area contributed by atoms with E-state index >= 15 is 0 Å². The van der Waals surface area contributed by atoms with Crippen LogP contribution in [-0.4, -0.2) is 24.9 Å². The average molecular weight is 221 g/mol. The van der Waals surface area contributed by atoms with Crippen LogP contribution < -0.4 is 14.8 Å². The van der Waals surface area contributed by atoms with Crippen molar-refractivity contribution < 1.29 is 14.6 Å². The number of hydrogen-bond acceptors (Lipinski definition) is 4. The van der Waals surface area contributed by atoms with E-state index < -0.39 is 6.10 Å². The molecule has 2 atom stereocenters. The molecule has 16 heavy (non-hydrogen) atoms. The molecule has 0 bridgehead atoms. The Hall–Kier alpha value is -1.42. The average Bonchev–Trinajstić information content (AvgIpc) is 2.32. The Bertz CT molecular complexity index is 419. The Kier molecular flexibility index (Phi) is 2.17. The van der Waals surface area contributed by atoms with E-state index in [-0.39, 0.29) is 5.92 Å². The Morgan fingerprint density at radius 3 is 2.69 bits per heavy atom. The summed E-state index contributed by atoms with van der Waals surface area (Å²) >= 11 is 0. The molecule has 2 aliphatic rings. The van der Waals surface area contributed by atoms with Crippen molar-refractivity contribution in [1.29, 1.82) is 0 Å². The second-order valence-corrected chi connectivity index (χ2v) is 4.39. The van der Waals surface area contributed by atoms with Gasteiger partial charge in [0.2, 0.25) is 0 Å². The minimum atomic E-state index is -0.424. The van der Waals surface area contributed by atoms with Crippen molar-refractivity contribution in [2.75, 3.05) is 25.1 Å². The van der Waals surface area contributed by atoms with Gasteiger partial charge in [-0.1, -0.05) is 6.92 Å². The fourth-order valence-corrected chi connectivity index (χ4v) is 2.19. The third-order valence-electron chi connectivity index (χ3n) is 3.19. The lowest BCUT2D eigenvalue weighted by molar-refractivity contribution is 0.118. The van der Waals surface area contributed by atoms with Crippen molar-refractivity contribution >= 4 is 5.69 Å². The normalized spacial score (nSPS) is 26.9. The van der Waals surface area contributed by atoms with Crippen molar-refractivity contribution in [3.8, 4) is 11.5 Å². The van der Waals surface area contributed by atoms with E-state index in [1.54, 1.807) is 0 Å². The molecule has 0 saturated heterocycles. The zero-order chi connectivity index (χ0) is 11.1. The van der Waals surface area contributed by atoms with Crippen LogP contribution in [0.4, 0.5) is 5.69 Å². The van der Waals surface area contributed by atoms with Crippen LogP contribution in [0.15, 0.2) is 12.1 Å². The number of aliphatic hydroxyl groups excluding tert-OH is 1. The van der Waals surface area contributed by atoms with Crippen LogP contribution in [0.2, 0.25) is 0 Å². The number of anilines is 1. The van der Waals surface area contributed by atoms with Gasteiger partial charge in [-0.15, -0.1) is 0 Å². The molecule has 2 heterocycles. The molecule has 0 aliphatic carbocycles. The van der Waals surface area contributed by atoms with Crippen LogP contribution >= 0.6 is 0 Å². The molecule has 0 radical (unpaired) electrons. The molecule has 1 aromatic rings. The highest BCUT2D eigenvalue weighted by atomic mass is 16.6. The van der Waals surface area contributed by atoms with Gasteiger partial charge in [0, 0.05) is 29.8 Å². The Morgan fingerprint density at radius 1 is 1.25 bits per heavy atom. The summed E-state index contributed by atoms with van der Waals surface area (Å²) in [7, 11) is 0. The second-order valence-electron chi connectivity index (χ2n) is 4.39. The lowest BCUT2D eigenvalue weighted by atomic mass is 9.92. The van der Waals surface area contributed by atoms with E-state index in [4.69, 9.17) is 9.47 Å². The summed E-state index contributed by atoms with van der Waals surface area (Å²) in [6.45, 7) is 3.97. The van der Waals surface area contributed by atoms with Crippen LogP contribution in [0.25, 0.3) is 0 Å². The summed E-state index contributed by atoms with van der Waals surface area (Å²) in [5, 5.41) is 13.4. The van der Waals surface area contributed by atoms with E-state index in [2.05, 4.69) is 5.32 Å². The quantitative estimate of drug-likeness (QED) is 0.698. The lowest BCUT2D eigenvalue weighted by Crippen LogP contribution is -2.26. The molecule has 0 spiro atoms. The summed E-state index contributed by atoms with van der Waals surface area (Å²) in [6, 6.07) is 3.80. The number of ether oxygens (including phenoxy) is 2. The van der Waals surface area contributed by atoms with Crippen LogP contribution in [0.5, 0.6) is 11.5 Å². The number of aliphatic hydroxyl groups is 1. The van der Waals surface area contributed by atoms with Gasteiger partial charge in [-0.3, -0.25) is 0 Å². The zero-order valence-electron chi connectivity index (χ0n) is 9.19. The summed E-state index contributed by atoms with van der Waals surface area (Å²) in [5.41, 5.74) is 1.86. The van der Waals surface area contributed by atoms with Crippen LogP contribution in [0.1, 0.15) is 18.6 Å². The van der Waals surface area contributed by atoms with E-state index in [9.17, 15) is 5.11 Å². The number of fused-ring (bicyclic) bond motifs is 2. The van der Waals surface area contributed by atoms with Gasteiger partial charge in [0.15, 0.2) is 11.5 Å². The highest BCUT2D eigenvalue weighted by Gasteiger charge is 2.27. The Morgan fingerprint density at radius 2 is 1.94 bits per heavy atom. The molecule has 4 nitrogen and oxygen atoms in total. The van der Waals surface area contributed by atoms with Gasteiger partial charge in [0.1, 0.15) is 13.2 Å². The molecule has 0 fully saturated rings. The summed E-state index contributed by atoms with van der Waals surface area (Å²) in [5.74, 6) is 1.72. The van der Waals surface area contributed by atoms with Crippen molar-refractivity contribution in [3.05, 3.63) is 17.7 Å². The molecule has 3 rings (SSSR count). The predicted molar refractivity (Wildman–Crippen MR) is 60.0 cm³/mol. The van der Waals surface area contributed by atoms with E-state index in [0.717, 1.165) is 29.3 Å². The van der Waals surface area contributed by atoms with Gasteiger partial charge < -0.3 is 19.9 Å². The molecule has 2 aliphatic heterocycles. The van der Waals surface area contributed by atoms with Gasteiger partial charge in [-0.2, -0.15) is 0 Å². The first-order valence-electron chi connectivity index (χ1n) is 5.61. The molecule has 1 aromatic carbocycles. The van der Waals surface area contributed by atoms with Crippen molar-refractivity contribution in [3.63, 3.8) is 0 Å². The maximum absolute atomic E-state index is 10.1. The predicted octanol–water partition coefficient (Wildman–Crippen LogP) is 1.55. The van der Waals surface area contributed by atoms with Crippen LogP contribution in [0.3, 0.4) is 0 Å². The molecular formula is C12H15NO3. The van der Waals surface area contributed by atoms with E-state index in [0.29, 0.717) is 13.2 Å². The summed E-state index contributed by atoms with van der Waals surface area (Å²) in [4.78, 5) is 0. The van der Waals surface area contributed by atoms with Gasteiger partial charge in [-0.05, 0) is 6.07 Å². The fourth-order valence-electron chi connectivity index (χ4n) is 2.19. The minimum Gasteiger partial charge on any atom is -0.486 e. The standard InChI is InChI=1S/C12H15NO3/c1-7-6-13-9-5-11-10(15-2-3-16-11)4-8(9)12(7)14/h4-5,7,12-14H,2-3,6H2,1H3. The first-order valence-corrected chi connectivity index (χ1v) is 5.61. The van der Waals surface area contributed by atoms with Crippen molar-refractivity contribution in [2.24, 2.45) is 5.92 Å². The Balaban J connectivity index is 2.06. The molecule has 0 aromatic heterocycles. The number of nitrogens with one attached hydrogen (secondary N) is 1. The van der Waals surface area contributed by atoms with Gasteiger partial charge in [0.25, 0.3) is 0 Å². The minimum absolute atomic E-state index is 0.218. The van der Waals surface area contributed by atoms with Crippen LogP contribution in [-0.2, 0) is 0 Å². The monoisotopic (exact) mass is 221 g/mol. The van der Waals surface area contributed by atoms with Crippen molar-refractivity contribution in [1.82, 2.24) is 0 Å². The maximum atomic E-state index is 10.1. The first-order chi connectivity index (χ1) is 7.75.